The Hall–Kier alpha value is 0.714. The summed E-state index contributed by atoms with van der Waals surface area (Å²) in [7, 11) is 0. The number of unbranched alkanes of at least 4 members (excludes halogenated alkanes) is 7. The van der Waals surface area contributed by atoms with Gasteiger partial charge in [-0.2, -0.15) is 27.2 Å². The van der Waals surface area contributed by atoms with Crippen molar-refractivity contribution in [3.8, 4) is 0 Å². The molecule has 0 aromatic rings. The van der Waals surface area contributed by atoms with Gasteiger partial charge >= 0.3 is 21.7 Å². The Morgan fingerprint density at radius 3 is 1.18 bits per heavy atom. The molecule has 0 aromatic heterocycles. The summed E-state index contributed by atoms with van der Waals surface area (Å²) in [5, 5.41) is 0. The van der Waals surface area contributed by atoms with Crippen molar-refractivity contribution in [3.63, 3.8) is 0 Å². The first-order valence-corrected chi connectivity index (χ1v) is 6.83. The zero-order valence-electron chi connectivity index (χ0n) is 13.0. The summed E-state index contributed by atoms with van der Waals surface area (Å²) < 4.78 is 0. The third-order valence-electron chi connectivity index (χ3n) is 1.85. The third-order valence-corrected chi connectivity index (χ3v) is 1.85. The third kappa shape index (κ3) is 60.8. The van der Waals surface area contributed by atoms with Gasteiger partial charge in [-0.25, -0.2) is 0 Å². The zero-order valence-corrected chi connectivity index (χ0v) is 14.5. The molecule has 0 aliphatic rings. The van der Waals surface area contributed by atoms with E-state index in [9.17, 15) is 0 Å². The molecule has 0 aromatic carbocycles. The molecule has 0 rings (SSSR count). The van der Waals surface area contributed by atoms with Crippen LogP contribution in [0.5, 0.6) is 0 Å². The van der Waals surface area contributed by atoms with Crippen LogP contribution in [0.1, 0.15) is 79.1 Å². The number of rotatable bonds is 7. The van der Waals surface area contributed by atoms with Crippen LogP contribution in [0.2, 0.25) is 0 Å². The van der Waals surface area contributed by atoms with Crippen LogP contribution in [0.4, 0.5) is 0 Å². The van der Waals surface area contributed by atoms with Crippen molar-refractivity contribution < 1.29 is 21.7 Å². The van der Waals surface area contributed by atoms with Gasteiger partial charge < -0.3 is 27.7 Å². The standard InChI is InChI=1S/C10H21.3C2H5.Ti/c1-3-5-7-9-10-8-6-4-2;3*1-2;/h1,3-10H2,2H3;3*1H2,2H3;/q4*-1;+4. The molecule has 0 atom stereocenters. The predicted octanol–water partition coefficient (Wildman–Crippen LogP) is 6.48. The van der Waals surface area contributed by atoms with E-state index in [0.29, 0.717) is 0 Å². The van der Waals surface area contributed by atoms with Crippen molar-refractivity contribution in [2.45, 2.75) is 79.1 Å². The molecular formula is C16H36Ti. The first-order valence-electron chi connectivity index (χ1n) is 6.83. The summed E-state index contributed by atoms with van der Waals surface area (Å²) in [6.45, 7) is 21.1. The average Bonchev–Trinajstić information content (AvgIpc) is 2.41. The second-order valence-corrected chi connectivity index (χ2v) is 2.97. The van der Waals surface area contributed by atoms with E-state index < -0.39 is 0 Å². The monoisotopic (exact) mass is 276 g/mol. The van der Waals surface area contributed by atoms with Crippen molar-refractivity contribution >= 4 is 0 Å². The molecule has 0 amide bonds. The Labute approximate surface area is 128 Å². The maximum absolute atomic E-state index is 3.82. The van der Waals surface area contributed by atoms with E-state index in [1.54, 1.807) is 20.8 Å². The van der Waals surface area contributed by atoms with Crippen LogP contribution in [0.3, 0.4) is 0 Å². The molecule has 0 aliphatic heterocycles. The first kappa shape index (κ1) is 30.6. The molecule has 0 aliphatic carbocycles. The van der Waals surface area contributed by atoms with Gasteiger partial charge in [-0.1, -0.05) is 51.9 Å². The summed E-state index contributed by atoms with van der Waals surface area (Å²) in [6, 6.07) is 0. The normalized spacial score (nSPS) is 7.06. The minimum atomic E-state index is 0. The van der Waals surface area contributed by atoms with Crippen molar-refractivity contribution in [2.75, 3.05) is 0 Å². The predicted molar refractivity (Wildman–Crippen MR) is 81.1 cm³/mol. The zero-order chi connectivity index (χ0) is 13.7. The van der Waals surface area contributed by atoms with Crippen LogP contribution in [0.25, 0.3) is 0 Å². The van der Waals surface area contributed by atoms with Gasteiger partial charge in [0.15, 0.2) is 0 Å². The van der Waals surface area contributed by atoms with Crippen LogP contribution >= 0.6 is 0 Å². The molecule has 0 saturated heterocycles. The van der Waals surface area contributed by atoms with Crippen molar-refractivity contribution in [1.82, 2.24) is 0 Å². The van der Waals surface area contributed by atoms with Crippen LogP contribution in [-0.2, 0) is 21.7 Å². The van der Waals surface area contributed by atoms with E-state index in [-0.39, 0.29) is 21.7 Å². The van der Waals surface area contributed by atoms with Gasteiger partial charge in [-0.3, -0.25) is 0 Å². The van der Waals surface area contributed by atoms with Crippen molar-refractivity contribution in [3.05, 3.63) is 27.7 Å². The molecule has 0 saturated carbocycles. The van der Waals surface area contributed by atoms with E-state index in [1.807, 2.05) is 0 Å². The molecular weight excluding hydrogens is 240 g/mol. The molecule has 0 unspecified atom stereocenters. The van der Waals surface area contributed by atoms with Crippen LogP contribution in [-0.4, -0.2) is 0 Å². The Kier molecular flexibility index (Phi) is 97.9. The minimum Gasteiger partial charge on any atom is -0.346 e. The van der Waals surface area contributed by atoms with Crippen molar-refractivity contribution in [2.24, 2.45) is 0 Å². The summed E-state index contributed by atoms with van der Waals surface area (Å²) in [6.07, 6.45) is 10.9. The molecule has 0 fully saturated rings. The van der Waals surface area contributed by atoms with Gasteiger partial charge in [0.05, 0.1) is 0 Å². The van der Waals surface area contributed by atoms with Gasteiger partial charge in [-0.15, -0.1) is 0 Å². The Balaban J connectivity index is -0.0000000594. The average molecular weight is 276 g/mol. The van der Waals surface area contributed by atoms with E-state index in [1.165, 1.54) is 44.9 Å². The summed E-state index contributed by atoms with van der Waals surface area (Å²) >= 11 is 0. The maximum Gasteiger partial charge on any atom is 4.00 e. The fourth-order valence-electron chi connectivity index (χ4n) is 1.13. The molecule has 0 heterocycles. The Morgan fingerprint density at radius 2 is 0.882 bits per heavy atom. The fourth-order valence-corrected chi connectivity index (χ4v) is 1.13. The van der Waals surface area contributed by atoms with E-state index >= 15 is 0 Å². The van der Waals surface area contributed by atoms with Gasteiger partial charge in [0.2, 0.25) is 0 Å². The molecule has 104 valence electrons. The summed E-state index contributed by atoms with van der Waals surface area (Å²) in [5.41, 5.74) is 0. The second kappa shape index (κ2) is 54.4. The molecule has 0 N–H and O–H groups in total. The molecule has 0 bridgehead atoms. The fraction of sp³-hybridized carbons (Fsp3) is 0.750. The van der Waals surface area contributed by atoms with Crippen LogP contribution in [0.15, 0.2) is 0 Å². The topological polar surface area (TPSA) is 0 Å². The number of hydrogen-bond donors (Lipinski definition) is 0. The molecule has 1 heteroatoms. The minimum absolute atomic E-state index is 0. The quantitative estimate of drug-likeness (QED) is 0.283. The molecule has 0 spiro atoms. The molecule has 17 heavy (non-hydrogen) atoms. The van der Waals surface area contributed by atoms with E-state index in [0.717, 1.165) is 6.42 Å². The van der Waals surface area contributed by atoms with Gasteiger partial charge in [0.25, 0.3) is 0 Å². The second-order valence-electron chi connectivity index (χ2n) is 2.97. The maximum atomic E-state index is 3.82. The first-order chi connectivity index (χ1) is 7.91. The Bertz CT molecular complexity index is 45.5. The van der Waals surface area contributed by atoms with E-state index in [2.05, 4.69) is 34.6 Å². The van der Waals surface area contributed by atoms with Gasteiger partial charge in [0.1, 0.15) is 0 Å². The van der Waals surface area contributed by atoms with Crippen molar-refractivity contribution in [1.29, 1.82) is 0 Å². The molecule has 0 nitrogen and oxygen atoms in total. The van der Waals surface area contributed by atoms with E-state index in [4.69, 9.17) is 0 Å². The van der Waals surface area contributed by atoms with Gasteiger partial charge in [0, 0.05) is 0 Å². The largest absolute Gasteiger partial charge is 4.00 e. The summed E-state index contributed by atoms with van der Waals surface area (Å²) in [4.78, 5) is 0. The van der Waals surface area contributed by atoms with Crippen LogP contribution < -0.4 is 0 Å². The smallest absolute Gasteiger partial charge is 0.346 e. The molecule has 0 radical (unpaired) electrons. The Morgan fingerprint density at radius 1 is 0.588 bits per heavy atom. The SMILES string of the molecule is [CH2-]C.[CH2-]C.[CH2-]C.[CH2-]CCCCCCCCC.[Ti+4]. The summed E-state index contributed by atoms with van der Waals surface area (Å²) in [5.74, 6) is 0. The van der Waals surface area contributed by atoms with Crippen LogP contribution in [0, 0.1) is 27.7 Å². The van der Waals surface area contributed by atoms with Gasteiger partial charge in [-0.05, 0) is 0 Å². The number of hydrogen-bond acceptors (Lipinski definition) is 0.